The summed E-state index contributed by atoms with van der Waals surface area (Å²) in [4.78, 5) is 26.6. The Morgan fingerprint density at radius 1 is 1.04 bits per heavy atom. The van der Waals surface area contributed by atoms with Gasteiger partial charge in [-0.25, -0.2) is 13.2 Å². The number of benzene rings is 2. The lowest BCUT2D eigenvalue weighted by molar-refractivity contribution is -0.384. The topological polar surface area (TPSA) is 110 Å². The van der Waals surface area contributed by atoms with Crippen molar-refractivity contribution in [3.63, 3.8) is 0 Å². The van der Waals surface area contributed by atoms with Gasteiger partial charge < -0.3 is 4.74 Å². The molecule has 28 heavy (non-hydrogen) atoms. The highest BCUT2D eigenvalue weighted by atomic mass is 32.2. The van der Waals surface area contributed by atoms with E-state index in [9.17, 15) is 23.3 Å². The lowest BCUT2D eigenvalue weighted by Gasteiger charge is -2.23. The van der Waals surface area contributed by atoms with E-state index in [-0.39, 0.29) is 17.2 Å². The minimum atomic E-state index is -3.35. The molecule has 0 radical (unpaired) electrons. The van der Waals surface area contributed by atoms with Crippen LogP contribution in [0, 0.1) is 10.1 Å². The van der Waals surface area contributed by atoms with Crippen LogP contribution in [0.1, 0.15) is 0 Å². The maximum Gasteiger partial charge on any atom is 0.329 e. The molecule has 146 valence electrons. The molecule has 2 aromatic rings. The van der Waals surface area contributed by atoms with E-state index in [2.05, 4.69) is 0 Å². The van der Waals surface area contributed by atoms with Crippen LogP contribution in [0.2, 0.25) is 0 Å². The summed E-state index contributed by atoms with van der Waals surface area (Å²) in [6, 6.07) is 10.9. The summed E-state index contributed by atoms with van der Waals surface area (Å²) < 4.78 is 29.8. The largest absolute Gasteiger partial charge is 0.497 e. The van der Waals surface area contributed by atoms with Gasteiger partial charge in [-0.05, 0) is 18.2 Å². The summed E-state index contributed by atoms with van der Waals surface area (Å²) in [6.45, 7) is 0. The Bertz CT molecular complexity index is 1070. The normalized spacial score (nSPS) is 23.0. The zero-order valence-corrected chi connectivity index (χ0v) is 15.7. The van der Waals surface area contributed by atoms with Crippen molar-refractivity contribution in [3.8, 4) is 5.75 Å². The van der Waals surface area contributed by atoms with Crippen molar-refractivity contribution in [2.75, 3.05) is 28.4 Å². The van der Waals surface area contributed by atoms with Gasteiger partial charge >= 0.3 is 6.03 Å². The number of rotatable bonds is 4. The van der Waals surface area contributed by atoms with Gasteiger partial charge in [0.2, 0.25) is 0 Å². The Morgan fingerprint density at radius 2 is 1.61 bits per heavy atom. The standard InChI is InChI=1S/C18H17N3O6S/c1-27-15-7-3-5-13(9-15)20-17-11-28(25,26)10-16(17)19(18(20)22)12-4-2-6-14(8-12)21(23)24/h2-9,16-17H,10-11H2,1H3/t16-,17+/m1/s1. The number of hydrogen-bond acceptors (Lipinski definition) is 6. The molecule has 2 aromatic carbocycles. The van der Waals surface area contributed by atoms with Crippen molar-refractivity contribution >= 4 is 32.9 Å². The van der Waals surface area contributed by atoms with Gasteiger partial charge in [0.05, 0.1) is 41.3 Å². The molecule has 2 saturated heterocycles. The Hall–Kier alpha value is -3.14. The van der Waals surface area contributed by atoms with Crippen molar-refractivity contribution in [2.24, 2.45) is 0 Å². The summed E-state index contributed by atoms with van der Waals surface area (Å²) in [5, 5.41) is 11.1. The van der Waals surface area contributed by atoms with Crippen LogP contribution >= 0.6 is 0 Å². The maximum absolute atomic E-state index is 13.3. The number of sulfone groups is 1. The average Bonchev–Trinajstić information content (AvgIpc) is 3.10. The van der Waals surface area contributed by atoms with Crippen molar-refractivity contribution in [1.82, 2.24) is 0 Å². The quantitative estimate of drug-likeness (QED) is 0.440. The maximum atomic E-state index is 13.3. The predicted octanol–water partition coefficient (Wildman–Crippen LogP) is 2.22. The summed E-state index contributed by atoms with van der Waals surface area (Å²) in [5.74, 6) is 0.190. The Labute approximate surface area is 161 Å². The molecule has 4 rings (SSSR count). The van der Waals surface area contributed by atoms with E-state index in [1.54, 1.807) is 30.3 Å². The molecular formula is C18H17N3O6S. The smallest absolute Gasteiger partial charge is 0.329 e. The van der Waals surface area contributed by atoms with E-state index in [1.807, 2.05) is 0 Å². The molecule has 2 heterocycles. The number of carbonyl (C=O) groups is 1. The number of nitro groups is 1. The second kappa shape index (κ2) is 6.48. The molecule has 0 spiro atoms. The third kappa shape index (κ3) is 2.95. The minimum Gasteiger partial charge on any atom is -0.497 e. The molecule has 0 unspecified atom stereocenters. The summed E-state index contributed by atoms with van der Waals surface area (Å²) in [5.41, 5.74) is 0.656. The highest BCUT2D eigenvalue weighted by molar-refractivity contribution is 7.91. The molecular weight excluding hydrogens is 386 g/mol. The monoisotopic (exact) mass is 403 g/mol. The third-order valence-electron chi connectivity index (χ3n) is 5.02. The summed E-state index contributed by atoms with van der Waals surface area (Å²) >= 11 is 0. The van der Waals surface area contributed by atoms with Gasteiger partial charge in [-0.2, -0.15) is 0 Å². The van der Waals surface area contributed by atoms with Gasteiger partial charge in [-0.3, -0.25) is 19.9 Å². The van der Waals surface area contributed by atoms with Gasteiger partial charge in [-0.15, -0.1) is 0 Å². The molecule has 0 aromatic heterocycles. The first-order valence-electron chi connectivity index (χ1n) is 8.52. The third-order valence-corrected chi connectivity index (χ3v) is 6.72. The Morgan fingerprint density at radius 3 is 2.18 bits per heavy atom. The Balaban J connectivity index is 1.81. The van der Waals surface area contributed by atoms with Crippen LogP contribution in [0.15, 0.2) is 48.5 Å². The molecule has 0 saturated carbocycles. The number of ether oxygens (including phenoxy) is 1. The number of hydrogen-bond donors (Lipinski definition) is 0. The van der Waals surface area contributed by atoms with Gasteiger partial charge in [0, 0.05) is 23.9 Å². The van der Waals surface area contributed by atoms with Crippen molar-refractivity contribution in [1.29, 1.82) is 0 Å². The van der Waals surface area contributed by atoms with Gasteiger partial charge in [0.25, 0.3) is 5.69 Å². The molecule has 10 heteroatoms. The number of nitrogens with zero attached hydrogens (tertiary/aromatic N) is 3. The number of fused-ring (bicyclic) bond motifs is 1. The molecule has 0 bridgehead atoms. The number of anilines is 2. The first-order valence-corrected chi connectivity index (χ1v) is 10.3. The average molecular weight is 403 g/mol. The zero-order chi connectivity index (χ0) is 20.1. The Kier molecular flexibility index (Phi) is 4.22. The van der Waals surface area contributed by atoms with Crippen LogP contribution < -0.4 is 14.5 Å². The summed E-state index contributed by atoms with van der Waals surface area (Å²) in [7, 11) is -1.85. The number of amides is 2. The highest BCUT2D eigenvalue weighted by Crippen LogP contribution is 2.39. The second-order valence-electron chi connectivity index (χ2n) is 6.71. The van der Waals surface area contributed by atoms with Gasteiger partial charge in [0.1, 0.15) is 5.75 Å². The second-order valence-corrected chi connectivity index (χ2v) is 8.87. The van der Waals surface area contributed by atoms with E-state index < -0.39 is 32.9 Å². The van der Waals surface area contributed by atoms with Crippen LogP contribution in [0.4, 0.5) is 21.9 Å². The van der Waals surface area contributed by atoms with E-state index in [0.29, 0.717) is 17.1 Å². The van der Waals surface area contributed by atoms with Crippen LogP contribution in [0.5, 0.6) is 5.75 Å². The van der Waals surface area contributed by atoms with Crippen molar-refractivity contribution in [2.45, 2.75) is 12.1 Å². The zero-order valence-electron chi connectivity index (χ0n) is 14.9. The molecule has 0 N–H and O–H groups in total. The fourth-order valence-electron chi connectivity index (χ4n) is 3.82. The van der Waals surface area contributed by atoms with Crippen LogP contribution in [-0.4, -0.2) is 50.1 Å². The number of nitro benzene ring substituents is 1. The van der Waals surface area contributed by atoms with E-state index in [4.69, 9.17) is 4.74 Å². The van der Waals surface area contributed by atoms with E-state index in [0.717, 1.165) is 0 Å². The van der Waals surface area contributed by atoms with E-state index >= 15 is 0 Å². The SMILES string of the molecule is COc1cccc(N2C(=O)N(c3cccc([N+](=O)[O-])c3)[C@@H]3CS(=O)(=O)C[C@@H]32)c1. The predicted molar refractivity (Wildman–Crippen MR) is 103 cm³/mol. The number of urea groups is 1. The molecule has 9 nitrogen and oxygen atoms in total. The van der Waals surface area contributed by atoms with Crippen molar-refractivity contribution < 1.29 is 22.9 Å². The molecule has 2 amide bonds. The summed E-state index contributed by atoms with van der Waals surface area (Å²) in [6.07, 6.45) is 0. The molecule has 2 aliphatic heterocycles. The van der Waals surface area contributed by atoms with Crippen LogP contribution in [0.3, 0.4) is 0 Å². The van der Waals surface area contributed by atoms with Gasteiger partial charge in [-0.1, -0.05) is 12.1 Å². The van der Waals surface area contributed by atoms with E-state index in [1.165, 1.54) is 35.1 Å². The fraction of sp³-hybridized carbons (Fsp3) is 0.278. The minimum absolute atomic E-state index is 0.161. The van der Waals surface area contributed by atoms with Gasteiger partial charge in [0.15, 0.2) is 9.84 Å². The number of methoxy groups -OCH3 is 1. The number of non-ortho nitro benzene ring substituents is 1. The first-order chi connectivity index (χ1) is 13.3. The molecule has 2 atom stereocenters. The molecule has 2 fully saturated rings. The highest BCUT2D eigenvalue weighted by Gasteiger charge is 2.54. The first kappa shape index (κ1) is 18.2. The van der Waals surface area contributed by atoms with Crippen molar-refractivity contribution in [3.05, 3.63) is 58.6 Å². The fourth-order valence-corrected chi connectivity index (χ4v) is 5.74. The van der Waals surface area contributed by atoms with Crippen LogP contribution in [0.25, 0.3) is 0 Å². The lowest BCUT2D eigenvalue weighted by Crippen LogP contribution is -2.37. The molecule has 2 aliphatic rings. The van der Waals surface area contributed by atoms with Crippen LogP contribution in [-0.2, 0) is 9.84 Å². The molecule has 0 aliphatic carbocycles. The number of carbonyl (C=O) groups excluding carboxylic acids is 1. The lowest BCUT2D eigenvalue weighted by atomic mass is 10.1.